The fourth-order valence-electron chi connectivity index (χ4n) is 2.72. The lowest BCUT2D eigenvalue weighted by Gasteiger charge is -2.37. The van der Waals surface area contributed by atoms with Crippen molar-refractivity contribution in [3.05, 3.63) is 0 Å². The van der Waals surface area contributed by atoms with Crippen LogP contribution in [0.25, 0.3) is 0 Å². The summed E-state index contributed by atoms with van der Waals surface area (Å²) in [5, 5.41) is 0. The van der Waals surface area contributed by atoms with E-state index < -0.39 is 0 Å². The van der Waals surface area contributed by atoms with Gasteiger partial charge in [0.25, 0.3) is 0 Å². The zero-order valence-electron chi connectivity index (χ0n) is 10.9. The van der Waals surface area contributed by atoms with E-state index in [0.29, 0.717) is 12.1 Å². The van der Waals surface area contributed by atoms with Gasteiger partial charge in [0.2, 0.25) is 0 Å². The summed E-state index contributed by atoms with van der Waals surface area (Å²) in [5.41, 5.74) is 5.94. The molecule has 0 aromatic rings. The Hall–Kier alpha value is -0.0800. The number of hydrogen-bond donors (Lipinski definition) is 1. The van der Waals surface area contributed by atoms with Gasteiger partial charge < -0.3 is 10.6 Å². The van der Waals surface area contributed by atoms with Crippen molar-refractivity contribution in [1.29, 1.82) is 0 Å². The van der Waals surface area contributed by atoms with Gasteiger partial charge in [0.05, 0.1) is 0 Å². The van der Waals surface area contributed by atoms with Crippen LogP contribution in [0.2, 0.25) is 0 Å². The first-order chi connectivity index (χ1) is 7.00. The highest BCUT2D eigenvalue weighted by atomic mass is 15.2. The zero-order valence-corrected chi connectivity index (χ0v) is 10.9. The van der Waals surface area contributed by atoms with E-state index in [4.69, 9.17) is 5.73 Å². The molecule has 2 nitrogen and oxygen atoms in total. The molecular formula is C13H28N2. The Bertz CT molecular complexity index is 171. The highest BCUT2D eigenvalue weighted by Crippen LogP contribution is 2.24. The van der Waals surface area contributed by atoms with Gasteiger partial charge in [-0.1, -0.05) is 13.8 Å². The first kappa shape index (κ1) is 13.0. The molecule has 1 rings (SSSR count). The van der Waals surface area contributed by atoms with Gasteiger partial charge in [-0.2, -0.15) is 0 Å². The summed E-state index contributed by atoms with van der Waals surface area (Å²) in [6.45, 7) is 6.97. The van der Waals surface area contributed by atoms with Gasteiger partial charge in [0.15, 0.2) is 0 Å². The van der Waals surface area contributed by atoms with Crippen LogP contribution < -0.4 is 5.73 Å². The molecule has 1 saturated carbocycles. The zero-order chi connectivity index (χ0) is 11.4. The average Bonchev–Trinajstić information content (AvgIpc) is 2.17. The van der Waals surface area contributed by atoms with E-state index in [2.05, 4.69) is 32.7 Å². The van der Waals surface area contributed by atoms with Gasteiger partial charge in [-0.25, -0.2) is 0 Å². The second-order valence-electron chi connectivity index (χ2n) is 5.71. The molecule has 0 aromatic carbocycles. The Labute approximate surface area is 95.2 Å². The summed E-state index contributed by atoms with van der Waals surface area (Å²) in [5.74, 6) is 0.799. The Morgan fingerprint density at radius 3 is 2.13 bits per heavy atom. The van der Waals surface area contributed by atoms with Crippen molar-refractivity contribution in [3.8, 4) is 0 Å². The van der Waals surface area contributed by atoms with Crippen molar-refractivity contribution in [3.63, 3.8) is 0 Å². The van der Waals surface area contributed by atoms with Crippen LogP contribution in [-0.4, -0.2) is 30.1 Å². The minimum Gasteiger partial charge on any atom is -0.328 e. The van der Waals surface area contributed by atoms with Gasteiger partial charge in [0.1, 0.15) is 0 Å². The molecule has 0 aliphatic heterocycles. The Morgan fingerprint density at radius 2 is 1.67 bits per heavy atom. The summed E-state index contributed by atoms with van der Waals surface area (Å²) in [7, 11) is 2.29. The molecule has 1 atom stereocenters. The van der Waals surface area contributed by atoms with Crippen molar-refractivity contribution >= 4 is 0 Å². The first-order valence-corrected chi connectivity index (χ1v) is 6.48. The molecule has 0 radical (unpaired) electrons. The van der Waals surface area contributed by atoms with Gasteiger partial charge in [-0.3, -0.25) is 0 Å². The molecule has 0 spiro atoms. The number of hydrogen-bond acceptors (Lipinski definition) is 2. The maximum Gasteiger partial charge on any atom is 0.00961 e. The van der Waals surface area contributed by atoms with Gasteiger partial charge in [0, 0.05) is 18.1 Å². The molecule has 0 aromatic heterocycles. The van der Waals surface area contributed by atoms with E-state index in [0.717, 1.165) is 12.0 Å². The topological polar surface area (TPSA) is 29.3 Å². The van der Waals surface area contributed by atoms with Crippen LogP contribution in [0.3, 0.4) is 0 Å². The smallest absolute Gasteiger partial charge is 0.00961 e. The molecule has 90 valence electrons. The molecular weight excluding hydrogens is 184 g/mol. The highest BCUT2D eigenvalue weighted by molar-refractivity contribution is 4.82. The van der Waals surface area contributed by atoms with Crippen molar-refractivity contribution < 1.29 is 0 Å². The van der Waals surface area contributed by atoms with Crippen molar-refractivity contribution in [2.24, 2.45) is 11.7 Å². The molecule has 0 amide bonds. The Morgan fingerprint density at radius 1 is 1.13 bits per heavy atom. The van der Waals surface area contributed by atoms with Gasteiger partial charge >= 0.3 is 0 Å². The van der Waals surface area contributed by atoms with E-state index >= 15 is 0 Å². The molecule has 1 aliphatic rings. The van der Waals surface area contributed by atoms with E-state index in [1.165, 1.54) is 32.1 Å². The van der Waals surface area contributed by atoms with Crippen LogP contribution in [-0.2, 0) is 0 Å². The Kier molecular flexibility index (Phi) is 5.07. The minimum atomic E-state index is 0.468. The van der Waals surface area contributed by atoms with E-state index in [9.17, 15) is 0 Å². The SMILES string of the molecule is CC(C)CC(C)N(C)C1CCC(N)CC1. The third kappa shape index (κ3) is 4.12. The summed E-state index contributed by atoms with van der Waals surface area (Å²) in [6.07, 6.45) is 6.31. The second-order valence-corrected chi connectivity index (χ2v) is 5.71. The molecule has 0 bridgehead atoms. The third-order valence-electron chi connectivity index (χ3n) is 3.83. The third-order valence-corrected chi connectivity index (χ3v) is 3.83. The molecule has 0 heterocycles. The quantitative estimate of drug-likeness (QED) is 0.776. The lowest BCUT2D eigenvalue weighted by Crippen LogP contribution is -2.43. The van der Waals surface area contributed by atoms with E-state index in [1.54, 1.807) is 0 Å². The Balaban J connectivity index is 2.35. The van der Waals surface area contributed by atoms with Gasteiger partial charge in [-0.05, 0) is 52.0 Å². The monoisotopic (exact) mass is 212 g/mol. The fraction of sp³-hybridized carbons (Fsp3) is 1.00. The summed E-state index contributed by atoms with van der Waals surface area (Å²) in [4.78, 5) is 2.58. The molecule has 1 aliphatic carbocycles. The summed E-state index contributed by atoms with van der Waals surface area (Å²) in [6, 6.07) is 1.96. The number of rotatable bonds is 4. The maximum atomic E-state index is 5.94. The largest absolute Gasteiger partial charge is 0.328 e. The van der Waals surface area contributed by atoms with E-state index in [-0.39, 0.29) is 0 Å². The van der Waals surface area contributed by atoms with Crippen LogP contribution in [0.1, 0.15) is 52.9 Å². The standard InChI is InChI=1S/C13H28N2/c1-10(2)9-11(3)15(4)13-7-5-12(14)6-8-13/h10-13H,5-9,14H2,1-4H3. The maximum absolute atomic E-state index is 5.94. The first-order valence-electron chi connectivity index (χ1n) is 6.48. The van der Waals surface area contributed by atoms with Crippen LogP contribution in [0.15, 0.2) is 0 Å². The van der Waals surface area contributed by atoms with Crippen LogP contribution in [0, 0.1) is 5.92 Å². The average molecular weight is 212 g/mol. The minimum absolute atomic E-state index is 0.468. The molecule has 2 N–H and O–H groups in total. The lowest BCUT2D eigenvalue weighted by molar-refractivity contribution is 0.127. The van der Waals surface area contributed by atoms with Crippen LogP contribution >= 0.6 is 0 Å². The van der Waals surface area contributed by atoms with Gasteiger partial charge in [-0.15, -0.1) is 0 Å². The van der Waals surface area contributed by atoms with E-state index in [1.807, 2.05) is 0 Å². The summed E-state index contributed by atoms with van der Waals surface area (Å²) < 4.78 is 0. The van der Waals surface area contributed by atoms with Crippen molar-refractivity contribution in [1.82, 2.24) is 4.90 Å². The summed E-state index contributed by atoms with van der Waals surface area (Å²) >= 11 is 0. The fourth-order valence-corrected chi connectivity index (χ4v) is 2.72. The number of nitrogens with two attached hydrogens (primary N) is 1. The number of nitrogens with zero attached hydrogens (tertiary/aromatic N) is 1. The highest BCUT2D eigenvalue weighted by Gasteiger charge is 2.24. The molecule has 0 saturated heterocycles. The van der Waals surface area contributed by atoms with Crippen LogP contribution in [0.5, 0.6) is 0 Å². The van der Waals surface area contributed by atoms with Crippen molar-refractivity contribution in [2.45, 2.75) is 71.0 Å². The predicted octanol–water partition coefficient (Wildman–Crippen LogP) is 2.62. The van der Waals surface area contributed by atoms with Crippen LogP contribution in [0.4, 0.5) is 0 Å². The molecule has 1 fully saturated rings. The van der Waals surface area contributed by atoms with Crippen molar-refractivity contribution in [2.75, 3.05) is 7.05 Å². The lowest BCUT2D eigenvalue weighted by atomic mass is 9.89. The second kappa shape index (κ2) is 5.86. The normalized spacial score (nSPS) is 29.8. The molecule has 15 heavy (non-hydrogen) atoms. The molecule has 2 heteroatoms. The molecule has 1 unspecified atom stereocenters. The predicted molar refractivity (Wildman–Crippen MR) is 66.9 cm³/mol.